The van der Waals surface area contributed by atoms with Crippen LogP contribution in [0, 0.1) is 5.82 Å². The van der Waals surface area contributed by atoms with Gasteiger partial charge in [0.05, 0.1) is 17.1 Å². The Balaban J connectivity index is 1.84. The number of hydrogen-bond donors (Lipinski definition) is 2. The van der Waals surface area contributed by atoms with E-state index in [4.69, 9.17) is 11.6 Å². The summed E-state index contributed by atoms with van der Waals surface area (Å²) in [6, 6.07) is 3.15. The second-order valence-electron chi connectivity index (χ2n) is 5.60. The van der Waals surface area contributed by atoms with Gasteiger partial charge in [0.2, 0.25) is 5.91 Å². The molecule has 1 heterocycles. The number of hydrogen-bond acceptors (Lipinski definition) is 4. The Morgan fingerprint density at radius 3 is 2.48 bits per heavy atom. The second kappa shape index (κ2) is 8.77. The monoisotopic (exact) mass is 370 g/mol. The van der Waals surface area contributed by atoms with Crippen LogP contribution in [0.25, 0.3) is 0 Å². The molecule has 0 saturated carbocycles. The number of nitrogens with one attached hydrogen (secondary N) is 2. The number of imide groups is 1. The first-order chi connectivity index (χ1) is 11.9. The van der Waals surface area contributed by atoms with E-state index >= 15 is 0 Å². The maximum absolute atomic E-state index is 13.1. The number of urea groups is 1. The van der Waals surface area contributed by atoms with Gasteiger partial charge in [0, 0.05) is 32.7 Å². The molecule has 136 valence electrons. The Morgan fingerprint density at radius 1 is 1.20 bits per heavy atom. The van der Waals surface area contributed by atoms with Gasteiger partial charge >= 0.3 is 6.03 Å². The van der Waals surface area contributed by atoms with Crippen LogP contribution in [-0.4, -0.2) is 66.9 Å². The van der Waals surface area contributed by atoms with E-state index in [-0.39, 0.29) is 23.0 Å². The Morgan fingerprint density at radius 2 is 1.88 bits per heavy atom. The standard InChI is InChI=1S/C16H20ClFN4O3/c1-2-19-16(25)20-14(23)10-21-5-7-22(8-6-21)15(24)12-4-3-11(18)9-13(12)17/h3-4,9H,2,5-8,10H2,1H3,(H2,19,20,23,25). The molecule has 4 amide bonds. The van der Waals surface area contributed by atoms with Gasteiger partial charge in [-0.1, -0.05) is 11.6 Å². The quantitative estimate of drug-likeness (QED) is 0.831. The average Bonchev–Trinajstić information content (AvgIpc) is 2.55. The van der Waals surface area contributed by atoms with E-state index in [0.717, 1.165) is 6.07 Å². The third kappa shape index (κ3) is 5.40. The molecule has 25 heavy (non-hydrogen) atoms. The van der Waals surface area contributed by atoms with Gasteiger partial charge in [-0.15, -0.1) is 0 Å². The molecule has 2 N–H and O–H groups in total. The van der Waals surface area contributed by atoms with Gasteiger partial charge in [-0.25, -0.2) is 9.18 Å². The molecule has 1 aromatic carbocycles. The number of amides is 4. The van der Waals surface area contributed by atoms with Crippen LogP contribution in [0.4, 0.5) is 9.18 Å². The van der Waals surface area contributed by atoms with Gasteiger partial charge in [0.1, 0.15) is 5.82 Å². The molecule has 1 aromatic rings. The lowest BCUT2D eigenvalue weighted by Gasteiger charge is -2.34. The summed E-state index contributed by atoms with van der Waals surface area (Å²) in [7, 11) is 0. The van der Waals surface area contributed by atoms with Gasteiger partial charge in [-0.2, -0.15) is 0 Å². The lowest BCUT2D eigenvalue weighted by atomic mass is 10.1. The van der Waals surface area contributed by atoms with Crippen LogP contribution in [0.1, 0.15) is 17.3 Å². The van der Waals surface area contributed by atoms with Crippen molar-refractivity contribution in [1.82, 2.24) is 20.4 Å². The first-order valence-electron chi connectivity index (χ1n) is 7.95. The van der Waals surface area contributed by atoms with Crippen LogP contribution in [0.3, 0.4) is 0 Å². The van der Waals surface area contributed by atoms with E-state index in [9.17, 15) is 18.8 Å². The highest BCUT2D eigenvalue weighted by atomic mass is 35.5. The molecule has 0 atom stereocenters. The Kier molecular flexibility index (Phi) is 6.72. The fourth-order valence-electron chi connectivity index (χ4n) is 2.52. The summed E-state index contributed by atoms with van der Waals surface area (Å²) in [5, 5.41) is 4.80. The number of rotatable bonds is 4. The van der Waals surface area contributed by atoms with Crippen molar-refractivity contribution in [2.24, 2.45) is 0 Å². The highest BCUT2D eigenvalue weighted by Gasteiger charge is 2.25. The summed E-state index contributed by atoms with van der Waals surface area (Å²) in [5.74, 6) is -1.16. The molecule has 0 unspecified atom stereocenters. The molecule has 0 spiro atoms. The molecule has 2 rings (SSSR count). The lowest BCUT2D eigenvalue weighted by Crippen LogP contribution is -2.52. The van der Waals surface area contributed by atoms with Crippen molar-refractivity contribution in [2.75, 3.05) is 39.3 Å². The molecule has 1 fully saturated rings. The Bertz CT molecular complexity index is 663. The summed E-state index contributed by atoms with van der Waals surface area (Å²) in [6.07, 6.45) is 0. The SMILES string of the molecule is CCNC(=O)NC(=O)CN1CCN(C(=O)c2ccc(F)cc2Cl)CC1. The van der Waals surface area contributed by atoms with E-state index < -0.39 is 17.8 Å². The summed E-state index contributed by atoms with van der Waals surface area (Å²) < 4.78 is 13.1. The summed E-state index contributed by atoms with van der Waals surface area (Å²) in [6.45, 7) is 4.10. The molecular formula is C16H20ClFN4O3. The van der Waals surface area contributed by atoms with Crippen LogP contribution >= 0.6 is 11.6 Å². The van der Waals surface area contributed by atoms with Crippen LogP contribution in [-0.2, 0) is 4.79 Å². The van der Waals surface area contributed by atoms with Gasteiger partial charge in [0.25, 0.3) is 5.91 Å². The number of carbonyl (C=O) groups is 3. The number of nitrogens with zero attached hydrogens (tertiary/aromatic N) is 2. The number of halogens is 2. The smallest absolute Gasteiger partial charge is 0.321 e. The number of benzene rings is 1. The van der Waals surface area contributed by atoms with E-state index in [1.165, 1.54) is 12.1 Å². The Hall–Kier alpha value is -2.19. The van der Waals surface area contributed by atoms with Crippen molar-refractivity contribution >= 4 is 29.4 Å². The summed E-state index contributed by atoms with van der Waals surface area (Å²) in [5.41, 5.74) is 0.255. The predicted molar refractivity (Wildman–Crippen MR) is 91.0 cm³/mol. The molecular weight excluding hydrogens is 351 g/mol. The minimum atomic E-state index is -0.521. The van der Waals surface area contributed by atoms with Crippen LogP contribution in [0.5, 0.6) is 0 Å². The number of carbonyl (C=O) groups excluding carboxylic acids is 3. The maximum Gasteiger partial charge on any atom is 0.321 e. The molecule has 1 aliphatic heterocycles. The van der Waals surface area contributed by atoms with Gasteiger partial charge < -0.3 is 10.2 Å². The number of piperazine rings is 1. The topological polar surface area (TPSA) is 81.8 Å². The Labute approximate surface area is 150 Å². The maximum atomic E-state index is 13.1. The van der Waals surface area contributed by atoms with Crippen molar-refractivity contribution < 1.29 is 18.8 Å². The van der Waals surface area contributed by atoms with Crippen molar-refractivity contribution in [2.45, 2.75) is 6.92 Å². The fourth-order valence-corrected chi connectivity index (χ4v) is 2.76. The molecule has 0 radical (unpaired) electrons. The molecule has 0 bridgehead atoms. The molecule has 0 aromatic heterocycles. The van der Waals surface area contributed by atoms with Gasteiger partial charge in [-0.05, 0) is 25.1 Å². The van der Waals surface area contributed by atoms with E-state index in [1.807, 2.05) is 4.90 Å². The fraction of sp³-hybridized carbons (Fsp3) is 0.438. The minimum absolute atomic E-state index is 0.0775. The summed E-state index contributed by atoms with van der Waals surface area (Å²) in [4.78, 5) is 39.0. The van der Waals surface area contributed by atoms with Crippen LogP contribution in [0.2, 0.25) is 5.02 Å². The van der Waals surface area contributed by atoms with Crippen molar-refractivity contribution in [1.29, 1.82) is 0 Å². The van der Waals surface area contributed by atoms with Gasteiger partial charge in [0.15, 0.2) is 0 Å². The zero-order chi connectivity index (χ0) is 18.4. The first-order valence-corrected chi connectivity index (χ1v) is 8.33. The molecule has 9 heteroatoms. The average molecular weight is 371 g/mol. The largest absolute Gasteiger partial charge is 0.338 e. The van der Waals surface area contributed by atoms with Crippen molar-refractivity contribution in [3.63, 3.8) is 0 Å². The highest BCUT2D eigenvalue weighted by Crippen LogP contribution is 2.19. The van der Waals surface area contributed by atoms with Crippen LogP contribution in [0.15, 0.2) is 18.2 Å². The predicted octanol–water partition coefficient (Wildman–Crippen LogP) is 1.08. The third-order valence-corrected chi connectivity index (χ3v) is 4.09. The van der Waals surface area contributed by atoms with Gasteiger partial charge in [-0.3, -0.25) is 19.8 Å². The zero-order valence-electron chi connectivity index (χ0n) is 13.8. The minimum Gasteiger partial charge on any atom is -0.338 e. The first kappa shape index (κ1) is 19.1. The second-order valence-corrected chi connectivity index (χ2v) is 6.01. The molecule has 0 aliphatic carbocycles. The van der Waals surface area contributed by atoms with E-state index in [0.29, 0.717) is 32.7 Å². The highest BCUT2D eigenvalue weighted by molar-refractivity contribution is 6.33. The zero-order valence-corrected chi connectivity index (χ0v) is 14.6. The molecule has 1 aliphatic rings. The van der Waals surface area contributed by atoms with Crippen molar-refractivity contribution in [3.8, 4) is 0 Å². The molecule has 1 saturated heterocycles. The van der Waals surface area contributed by atoms with E-state index in [1.54, 1.807) is 11.8 Å². The van der Waals surface area contributed by atoms with Crippen LogP contribution < -0.4 is 10.6 Å². The summed E-state index contributed by atoms with van der Waals surface area (Å²) >= 11 is 5.93. The lowest BCUT2D eigenvalue weighted by molar-refractivity contribution is -0.121. The van der Waals surface area contributed by atoms with Crippen molar-refractivity contribution in [3.05, 3.63) is 34.6 Å². The third-order valence-electron chi connectivity index (χ3n) is 3.78. The van der Waals surface area contributed by atoms with E-state index in [2.05, 4.69) is 10.6 Å². The normalized spacial score (nSPS) is 14.9. The molecule has 7 nitrogen and oxygen atoms in total.